The highest BCUT2D eigenvalue weighted by Gasteiger charge is 2.39. The second-order valence-electron chi connectivity index (χ2n) is 12.0. The van der Waals surface area contributed by atoms with Crippen LogP contribution < -0.4 is 10.1 Å². The highest BCUT2D eigenvalue weighted by Crippen LogP contribution is 2.36. The number of amides is 1. The largest absolute Gasteiger partial charge is 0.497 e. The fraction of sp³-hybridized carbons (Fsp3) is 0.588. The molecule has 0 aromatic heterocycles. The summed E-state index contributed by atoms with van der Waals surface area (Å²) in [6, 6.07) is 14.9. The lowest BCUT2D eigenvalue weighted by molar-refractivity contribution is -0.145. The molecular weight excluding hydrogens is 597 g/mol. The standard InChI is InChI=1S/C34H48N2O6S2/c1-41-29-18-20-30(21-19-29)44(39,40)36(31(34(38)42-2)22-23-43-25-26-12-6-3-7-13-26)24-32(37)35-33(27-14-8-4-9-15-27)28-16-10-5-11-17-28/h3,6-7,12-13,18-21,27-28,31,33H,4-5,8-11,14-17,22-25H2,1-2H3,(H,35,37). The Morgan fingerprint density at radius 1 is 0.886 bits per heavy atom. The van der Waals surface area contributed by atoms with Crippen LogP contribution in [0, 0.1) is 11.8 Å². The lowest BCUT2D eigenvalue weighted by atomic mass is 9.74. The second kappa shape index (κ2) is 17.2. The zero-order chi connectivity index (χ0) is 31.4. The van der Waals surface area contributed by atoms with E-state index >= 15 is 0 Å². The Morgan fingerprint density at radius 3 is 2.02 bits per heavy atom. The molecule has 2 fully saturated rings. The van der Waals surface area contributed by atoms with Gasteiger partial charge in [-0.1, -0.05) is 68.9 Å². The third-order valence-corrected chi connectivity index (χ3v) is 12.0. The van der Waals surface area contributed by atoms with Crippen molar-refractivity contribution in [2.75, 3.05) is 26.5 Å². The first-order valence-corrected chi connectivity index (χ1v) is 18.6. The average Bonchev–Trinajstić information content (AvgIpc) is 3.07. The first-order valence-electron chi connectivity index (χ1n) is 16.0. The quantitative estimate of drug-likeness (QED) is 0.182. The SMILES string of the molecule is COC(=O)C(CCSCc1ccccc1)N(CC(=O)NC(C1CCCCC1)C1CCCCC1)S(=O)(=O)c1ccc(OC)cc1. The van der Waals surface area contributed by atoms with Gasteiger partial charge in [-0.15, -0.1) is 0 Å². The van der Waals surface area contributed by atoms with Crippen molar-refractivity contribution < 1.29 is 27.5 Å². The number of thioether (sulfide) groups is 1. The molecule has 0 spiro atoms. The third kappa shape index (κ3) is 9.47. The molecular formula is C34H48N2O6S2. The number of rotatable bonds is 15. The van der Waals surface area contributed by atoms with E-state index in [9.17, 15) is 18.0 Å². The molecule has 0 heterocycles. The number of hydrogen-bond acceptors (Lipinski definition) is 7. The van der Waals surface area contributed by atoms with Gasteiger partial charge in [0, 0.05) is 11.8 Å². The molecule has 8 nitrogen and oxygen atoms in total. The van der Waals surface area contributed by atoms with E-state index in [-0.39, 0.29) is 23.3 Å². The molecule has 1 atom stereocenters. The van der Waals surface area contributed by atoms with Crippen LogP contribution in [-0.2, 0) is 30.1 Å². The second-order valence-corrected chi connectivity index (χ2v) is 15.0. The molecule has 242 valence electrons. The fourth-order valence-corrected chi connectivity index (χ4v) is 9.23. The monoisotopic (exact) mass is 644 g/mol. The van der Waals surface area contributed by atoms with Gasteiger partial charge < -0.3 is 14.8 Å². The van der Waals surface area contributed by atoms with E-state index in [0.717, 1.165) is 67.0 Å². The smallest absolute Gasteiger partial charge is 0.324 e. The molecule has 2 aromatic carbocycles. The van der Waals surface area contributed by atoms with Gasteiger partial charge in [0.25, 0.3) is 0 Å². The molecule has 1 N–H and O–H groups in total. The van der Waals surface area contributed by atoms with Crippen LogP contribution in [0.3, 0.4) is 0 Å². The normalized spacial score (nSPS) is 17.4. The number of benzene rings is 2. The van der Waals surface area contributed by atoms with Gasteiger partial charge in [0.15, 0.2) is 0 Å². The van der Waals surface area contributed by atoms with Crippen molar-refractivity contribution in [1.82, 2.24) is 9.62 Å². The Bertz CT molecular complexity index is 1260. The van der Waals surface area contributed by atoms with Gasteiger partial charge in [0.1, 0.15) is 11.8 Å². The first kappa shape index (κ1) is 34.3. The molecule has 10 heteroatoms. The highest BCUT2D eigenvalue weighted by molar-refractivity contribution is 7.98. The number of carbonyl (C=O) groups excluding carboxylic acids is 2. The number of esters is 1. The molecule has 44 heavy (non-hydrogen) atoms. The molecule has 1 amide bonds. The van der Waals surface area contributed by atoms with Crippen LogP contribution in [-0.4, -0.2) is 63.2 Å². The average molecular weight is 645 g/mol. The Labute approximate surface area is 267 Å². The van der Waals surface area contributed by atoms with Gasteiger partial charge in [-0.3, -0.25) is 9.59 Å². The lowest BCUT2D eigenvalue weighted by Crippen LogP contribution is -2.53. The molecule has 2 saturated carbocycles. The molecule has 2 aliphatic carbocycles. The zero-order valence-corrected chi connectivity index (χ0v) is 27.8. The van der Waals surface area contributed by atoms with Gasteiger partial charge >= 0.3 is 5.97 Å². The summed E-state index contributed by atoms with van der Waals surface area (Å²) in [5.74, 6) is 1.50. The van der Waals surface area contributed by atoms with Crippen molar-refractivity contribution >= 4 is 33.7 Å². The molecule has 0 radical (unpaired) electrons. The van der Waals surface area contributed by atoms with Crippen molar-refractivity contribution in [3.63, 3.8) is 0 Å². The summed E-state index contributed by atoms with van der Waals surface area (Å²) >= 11 is 1.61. The van der Waals surface area contributed by atoms with Crippen molar-refractivity contribution in [2.24, 2.45) is 11.8 Å². The predicted octanol–water partition coefficient (Wildman–Crippen LogP) is 6.20. The van der Waals surface area contributed by atoms with Crippen LogP contribution >= 0.6 is 11.8 Å². The number of sulfonamides is 1. The summed E-state index contributed by atoms with van der Waals surface area (Å²) in [5, 5.41) is 3.31. The summed E-state index contributed by atoms with van der Waals surface area (Å²) in [5.41, 5.74) is 1.14. The fourth-order valence-electron chi connectivity index (χ4n) is 6.70. The Hall–Kier alpha value is -2.56. The highest BCUT2D eigenvalue weighted by atomic mass is 32.2. The number of ether oxygens (including phenoxy) is 2. The van der Waals surface area contributed by atoms with Crippen molar-refractivity contribution in [1.29, 1.82) is 0 Å². The number of nitrogens with zero attached hydrogens (tertiary/aromatic N) is 1. The summed E-state index contributed by atoms with van der Waals surface area (Å²) in [4.78, 5) is 27.1. The van der Waals surface area contributed by atoms with E-state index in [4.69, 9.17) is 9.47 Å². The molecule has 2 aliphatic rings. The van der Waals surface area contributed by atoms with E-state index in [0.29, 0.717) is 23.3 Å². The predicted molar refractivity (Wildman–Crippen MR) is 175 cm³/mol. The first-order chi connectivity index (χ1) is 21.3. The van der Waals surface area contributed by atoms with E-state index < -0.39 is 28.6 Å². The molecule has 0 aliphatic heterocycles. The van der Waals surface area contributed by atoms with E-state index in [2.05, 4.69) is 5.32 Å². The van der Waals surface area contributed by atoms with Gasteiger partial charge in [-0.2, -0.15) is 16.1 Å². The summed E-state index contributed by atoms with van der Waals surface area (Å²) in [6.45, 7) is -0.451. The van der Waals surface area contributed by atoms with Gasteiger partial charge in [-0.05, 0) is 79.5 Å². The minimum absolute atomic E-state index is 0.00643. The van der Waals surface area contributed by atoms with Crippen molar-refractivity contribution in [3.8, 4) is 5.75 Å². The number of carbonyl (C=O) groups is 2. The maximum Gasteiger partial charge on any atom is 0.324 e. The maximum atomic E-state index is 14.2. The van der Waals surface area contributed by atoms with Crippen LogP contribution in [0.4, 0.5) is 0 Å². The zero-order valence-electron chi connectivity index (χ0n) is 26.1. The maximum absolute atomic E-state index is 14.2. The number of nitrogens with one attached hydrogen (secondary N) is 1. The molecule has 2 aromatic rings. The molecule has 0 bridgehead atoms. The summed E-state index contributed by atoms with van der Waals surface area (Å²) < 4.78 is 39.7. The van der Waals surface area contributed by atoms with Crippen molar-refractivity contribution in [3.05, 3.63) is 60.2 Å². The van der Waals surface area contributed by atoms with Crippen molar-refractivity contribution in [2.45, 2.75) is 93.4 Å². The van der Waals surface area contributed by atoms with Crippen LogP contribution in [0.2, 0.25) is 0 Å². The Balaban J connectivity index is 1.57. The number of methoxy groups -OCH3 is 2. The molecule has 4 rings (SSSR count). The van der Waals surface area contributed by atoms with Crippen LogP contribution in [0.1, 0.15) is 76.2 Å². The van der Waals surface area contributed by atoms with E-state index in [1.54, 1.807) is 23.9 Å². The van der Waals surface area contributed by atoms with Crippen LogP contribution in [0.15, 0.2) is 59.5 Å². The Kier molecular flexibility index (Phi) is 13.4. The third-order valence-electron chi connectivity index (χ3n) is 9.08. The Morgan fingerprint density at radius 2 is 1.48 bits per heavy atom. The topological polar surface area (TPSA) is 102 Å². The number of hydrogen-bond donors (Lipinski definition) is 1. The lowest BCUT2D eigenvalue weighted by Gasteiger charge is -2.39. The van der Waals surface area contributed by atoms with Crippen LogP contribution in [0.5, 0.6) is 5.75 Å². The molecule has 0 saturated heterocycles. The van der Waals surface area contributed by atoms with Crippen LogP contribution in [0.25, 0.3) is 0 Å². The van der Waals surface area contributed by atoms with E-state index in [1.165, 1.54) is 39.2 Å². The van der Waals surface area contributed by atoms with Gasteiger partial charge in [0.2, 0.25) is 15.9 Å². The summed E-state index contributed by atoms with van der Waals surface area (Å²) in [6.07, 6.45) is 11.6. The minimum atomic E-state index is -4.24. The van der Waals surface area contributed by atoms with E-state index in [1.807, 2.05) is 30.3 Å². The minimum Gasteiger partial charge on any atom is -0.497 e. The van der Waals surface area contributed by atoms with Gasteiger partial charge in [-0.25, -0.2) is 8.42 Å². The van der Waals surface area contributed by atoms with Gasteiger partial charge in [0.05, 0.1) is 25.7 Å². The summed E-state index contributed by atoms with van der Waals surface area (Å²) in [7, 11) is -1.48. The molecule has 1 unspecified atom stereocenters.